The highest BCUT2D eigenvalue weighted by Crippen LogP contribution is 2.50. The summed E-state index contributed by atoms with van der Waals surface area (Å²) in [6.07, 6.45) is 0.746. The highest BCUT2D eigenvalue weighted by Gasteiger charge is 2.48. The predicted octanol–water partition coefficient (Wildman–Crippen LogP) is 5.71. The van der Waals surface area contributed by atoms with Crippen LogP contribution < -0.4 is 20.7 Å². The smallest absolute Gasteiger partial charge is 0.323 e. The van der Waals surface area contributed by atoms with Crippen LogP contribution in [0.4, 0.5) is 16.2 Å². The van der Waals surface area contributed by atoms with Gasteiger partial charge in [-0.05, 0) is 35.6 Å². The van der Waals surface area contributed by atoms with E-state index in [1.54, 1.807) is 24.6 Å². The molecule has 1 aliphatic rings. The number of nitrogens with one attached hydrogen (secondary N) is 2. The molecule has 242 valence electrons. The van der Waals surface area contributed by atoms with Crippen molar-refractivity contribution >= 4 is 58.1 Å². The number of esters is 1. The largest absolute Gasteiger partial charge is 0.464 e. The van der Waals surface area contributed by atoms with Crippen LogP contribution in [-0.4, -0.2) is 57.6 Å². The number of rotatable bonds is 11. The molecule has 1 fully saturated rings. The number of hydrogen-bond acceptors (Lipinski definition) is 11. The van der Waals surface area contributed by atoms with E-state index < -0.39 is 37.3 Å². The minimum absolute atomic E-state index is 0.0103. The van der Waals surface area contributed by atoms with E-state index in [-0.39, 0.29) is 30.3 Å². The zero-order chi connectivity index (χ0) is 32.6. The number of aromatic nitrogens is 4. The fourth-order valence-corrected chi connectivity index (χ4v) is 7.47. The molecule has 0 bridgehead atoms. The molecule has 5 rings (SSSR count). The summed E-state index contributed by atoms with van der Waals surface area (Å²) in [7, 11) is 1.70. The first-order valence-corrected chi connectivity index (χ1v) is 17.2. The molecule has 2 aromatic heterocycles. The number of nitrogen functional groups attached to an aromatic ring is 1. The third-order valence-corrected chi connectivity index (χ3v) is 9.63. The van der Waals surface area contributed by atoms with Crippen LogP contribution >= 0.6 is 6.64 Å². The molecule has 5 atom stereocenters. The van der Waals surface area contributed by atoms with E-state index in [9.17, 15) is 4.79 Å². The maximum absolute atomic E-state index is 16.4. The molecule has 0 spiro atoms. The lowest BCUT2D eigenvalue weighted by Crippen LogP contribution is -2.38. The number of alkyl halides is 1. The molecule has 0 saturated carbocycles. The van der Waals surface area contributed by atoms with Gasteiger partial charge in [0.2, 0.25) is 11.8 Å². The summed E-state index contributed by atoms with van der Waals surface area (Å²) in [6.45, 7) is 5.42. The Bertz CT molecular complexity index is 1750. The molecule has 3 heterocycles. The minimum Gasteiger partial charge on any atom is -0.464 e. The van der Waals surface area contributed by atoms with Crippen molar-refractivity contribution in [2.24, 2.45) is 11.3 Å². The molecule has 4 aromatic rings. The summed E-state index contributed by atoms with van der Waals surface area (Å²) in [6, 6.07) is 12.2. The third-order valence-electron chi connectivity index (χ3n) is 7.17. The second-order valence-electron chi connectivity index (χ2n) is 12.4. The maximum atomic E-state index is 16.4. The lowest BCUT2D eigenvalue weighted by molar-refractivity contribution is -0.172. The summed E-state index contributed by atoms with van der Waals surface area (Å²) < 4.78 is 42.0. The summed E-state index contributed by atoms with van der Waals surface area (Å²) in [4.78, 5) is 25.8. The standard InChI is InChI=1S/C30H39FN7O5PS/c1-18-14-30(31,42-26(18)38-17-34-23-24(33-6)35-28(32)36-25(23)38)16-41-44(45,37-19(2)27(39)40-15-29(3,4)5)43-22-13-9-11-20-10-7-8-12-21(20)22/h7-13,17-19,26H,14-16H2,1-6H3,(H,37,45)(H3,32,33,35,36)/t18-,19+,26+,30-,44-/m0/s1. The Labute approximate surface area is 266 Å². The Morgan fingerprint density at radius 2 is 2.00 bits per heavy atom. The van der Waals surface area contributed by atoms with Gasteiger partial charge in [-0.25, -0.2) is 14.5 Å². The molecular formula is C30H39FN7O5PS. The van der Waals surface area contributed by atoms with Crippen molar-refractivity contribution in [2.75, 3.05) is 31.3 Å². The Balaban J connectivity index is 1.38. The summed E-state index contributed by atoms with van der Waals surface area (Å²) in [5, 5.41) is 7.66. The molecule has 0 unspecified atom stereocenters. The first kappa shape index (κ1) is 33.0. The lowest BCUT2D eigenvalue weighted by atomic mass is 9.99. The second-order valence-corrected chi connectivity index (χ2v) is 15.6. The number of halogens is 1. The fraction of sp³-hybridized carbons (Fsp3) is 0.467. The van der Waals surface area contributed by atoms with Crippen molar-refractivity contribution in [3.05, 3.63) is 48.8 Å². The highest BCUT2D eigenvalue weighted by molar-refractivity contribution is 8.09. The van der Waals surface area contributed by atoms with Gasteiger partial charge in [0, 0.05) is 24.8 Å². The monoisotopic (exact) mass is 659 g/mol. The molecule has 0 amide bonds. The summed E-state index contributed by atoms with van der Waals surface area (Å²) in [5.74, 6) is -2.14. The van der Waals surface area contributed by atoms with Gasteiger partial charge in [-0.2, -0.15) is 9.97 Å². The SMILES string of the molecule is CNc1nc(N)nc2c1ncn2[C@@H]1O[C@](F)(CO[P@@](=S)(N[C@H](C)C(=O)OCC(C)(C)C)Oc2cccc3ccccc23)C[C@@H]1C. The third kappa shape index (κ3) is 7.53. The number of ether oxygens (including phenoxy) is 2. The van der Waals surface area contributed by atoms with Gasteiger partial charge in [0.15, 0.2) is 17.0 Å². The predicted molar refractivity (Wildman–Crippen MR) is 175 cm³/mol. The van der Waals surface area contributed by atoms with E-state index in [2.05, 4.69) is 25.4 Å². The molecular weight excluding hydrogens is 620 g/mol. The van der Waals surface area contributed by atoms with E-state index in [1.807, 2.05) is 64.1 Å². The molecule has 15 heteroatoms. The molecule has 1 saturated heterocycles. The van der Waals surface area contributed by atoms with Crippen molar-refractivity contribution in [3.63, 3.8) is 0 Å². The van der Waals surface area contributed by atoms with Gasteiger partial charge in [0.05, 0.1) is 12.9 Å². The summed E-state index contributed by atoms with van der Waals surface area (Å²) in [5.41, 5.74) is 6.56. The molecule has 2 aromatic carbocycles. The molecule has 45 heavy (non-hydrogen) atoms. The van der Waals surface area contributed by atoms with Crippen LogP contribution in [-0.2, 0) is 30.6 Å². The molecule has 1 aliphatic heterocycles. The van der Waals surface area contributed by atoms with E-state index in [0.717, 1.165) is 10.8 Å². The van der Waals surface area contributed by atoms with Crippen LogP contribution in [0.5, 0.6) is 5.75 Å². The van der Waals surface area contributed by atoms with Gasteiger partial charge >= 0.3 is 12.6 Å². The lowest BCUT2D eigenvalue weighted by Gasteiger charge is -2.30. The van der Waals surface area contributed by atoms with Gasteiger partial charge in [-0.1, -0.05) is 64.1 Å². The zero-order valence-corrected chi connectivity index (χ0v) is 27.8. The zero-order valence-electron chi connectivity index (χ0n) is 26.1. The fourth-order valence-electron chi connectivity index (χ4n) is 5.06. The molecule has 0 radical (unpaired) electrons. The number of hydrogen-bond donors (Lipinski definition) is 3. The highest BCUT2D eigenvalue weighted by atomic mass is 32.5. The molecule has 12 nitrogen and oxygen atoms in total. The Kier molecular flexibility index (Phi) is 9.35. The minimum atomic E-state index is -3.57. The Morgan fingerprint density at radius 1 is 1.27 bits per heavy atom. The maximum Gasteiger partial charge on any atom is 0.323 e. The first-order valence-electron chi connectivity index (χ1n) is 14.6. The number of carbonyl (C=O) groups is 1. The number of fused-ring (bicyclic) bond motifs is 2. The normalized spacial score (nSPS) is 22.3. The second kappa shape index (κ2) is 12.8. The number of benzene rings is 2. The number of anilines is 2. The van der Waals surface area contributed by atoms with E-state index in [4.69, 9.17) is 36.1 Å². The van der Waals surface area contributed by atoms with Crippen molar-refractivity contribution in [1.29, 1.82) is 0 Å². The Morgan fingerprint density at radius 3 is 2.73 bits per heavy atom. The van der Waals surface area contributed by atoms with Crippen LogP contribution in [0.2, 0.25) is 0 Å². The van der Waals surface area contributed by atoms with Gasteiger partial charge in [-0.15, -0.1) is 0 Å². The summed E-state index contributed by atoms with van der Waals surface area (Å²) >= 11 is 5.90. The van der Waals surface area contributed by atoms with Gasteiger partial charge in [0.25, 0.3) is 0 Å². The van der Waals surface area contributed by atoms with Gasteiger partial charge in [0.1, 0.15) is 24.6 Å². The van der Waals surface area contributed by atoms with Crippen molar-refractivity contribution in [2.45, 2.75) is 59.2 Å². The first-order chi connectivity index (χ1) is 21.2. The quantitative estimate of drug-likeness (QED) is 0.134. The van der Waals surface area contributed by atoms with Crippen molar-refractivity contribution in [1.82, 2.24) is 24.6 Å². The van der Waals surface area contributed by atoms with E-state index in [0.29, 0.717) is 22.7 Å². The number of nitrogens with two attached hydrogens (primary N) is 1. The average molecular weight is 660 g/mol. The van der Waals surface area contributed by atoms with Gasteiger partial charge < -0.3 is 29.6 Å². The molecule has 0 aliphatic carbocycles. The van der Waals surface area contributed by atoms with Crippen molar-refractivity contribution < 1.29 is 27.7 Å². The average Bonchev–Trinajstić information content (AvgIpc) is 3.53. The van der Waals surface area contributed by atoms with E-state index in [1.165, 1.54) is 6.33 Å². The van der Waals surface area contributed by atoms with Crippen molar-refractivity contribution in [3.8, 4) is 5.75 Å². The van der Waals surface area contributed by atoms with Crippen LogP contribution in [0, 0.1) is 11.3 Å². The Hall–Kier alpha value is -3.42. The topological polar surface area (TPSA) is 148 Å². The van der Waals surface area contributed by atoms with Crippen LogP contribution in [0.3, 0.4) is 0 Å². The number of carbonyl (C=O) groups excluding carboxylic acids is 1. The van der Waals surface area contributed by atoms with E-state index >= 15 is 4.39 Å². The molecule has 4 N–H and O–H groups in total. The van der Waals surface area contributed by atoms with Crippen LogP contribution in [0.25, 0.3) is 21.9 Å². The number of imidazole rings is 1. The number of nitrogens with zero attached hydrogens (tertiary/aromatic N) is 4. The van der Waals surface area contributed by atoms with Crippen LogP contribution in [0.1, 0.15) is 47.3 Å². The van der Waals surface area contributed by atoms with Gasteiger partial charge in [-0.3, -0.25) is 9.36 Å². The van der Waals surface area contributed by atoms with Crippen LogP contribution in [0.15, 0.2) is 48.8 Å².